The molecule has 5 heterocycles. The Hall–Kier alpha value is -4.10. The molecule has 0 saturated heterocycles. The number of pyridine rings is 1. The molecule has 4 aromatic heterocycles. The molecule has 19 heteroatoms. The van der Waals surface area contributed by atoms with Gasteiger partial charge in [0.1, 0.15) is 0 Å². The lowest BCUT2D eigenvalue weighted by molar-refractivity contribution is -0.119. The third-order valence-electron chi connectivity index (χ3n) is 7.98. The Bertz CT molecular complexity index is 2070. The molecule has 2 bridgehead atoms. The maximum atomic E-state index is 15.5. The molecule has 10 radical (unpaired) electrons. The fraction of sp³-hybridized carbons (Fsp3) is 0.250. The minimum absolute atomic E-state index is 0.0345. The summed E-state index contributed by atoms with van der Waals surface area (Å²) in [5.74, 6) is -3.69. The molecule has 0 aliphatic carbocycles. The average Bonchev–Trinajstić information content (AvgIpc) is 3.66. The van der Waals surface area contributed by atoms with E-state index >= 15 is 4.39 Å². The third kappa shape index (κ3) is 6.18. The number of fused-ring (bicyclic) bond motifs is 4. The highest BCUT2D eigenvalue weighted by Gasteiger charge is 2.32. The zero-order valence-electron chi connectivity index (χ0n) is 24.6. The molecular formula is C28H19B5Cl2FN9O2. The van der Waals surface area contributed by atoms with Crippen molar-refractivity contribution in [3.63, 3.8) is 0 Å². The number of rotatable bonds is 4. The van der Waals surface area contributed by atoms with Crippen molar-refractivity contribution in [2.24, 2.45) is 5.92 Å². The van der Waals surface area contributed by atoms with E-state index in [1.165, 1.54) is 46.3 Å². The van der Waals surface area contributed by atoms with Gasteiger partial charge in [-0.3, -0.25) is 23.8 Å². The highest BCUT2D eigenvalue weighted by molar-refractivity contribution is 6.56. The predicted molar refractivity (Wildman–Crippen MR) is 179 cm³/mol. The largest absolute Gasteiger partial charge is 0.323 e. The SMILES string of the molecule is [B]C1C[C@H](n2cnc(-c3c(-n4cc(Cl)nn4)ccc(Cl)c3F)cc2=O)c2cc(ccn2)-c2c(cnn2C([B])([B])[B])NC(=O)[C@H](C)C1[B]. The van der Waals surface area contributed by atoms with Gasteiger partial charge in [-0.1, -0.05) is 47.0 Å². The van der Waals surface area contributed by atoms with Crippen LogP contribution in [0, 0.1) is 11.7 Å². The number of amides is 1. The van der Waals surface area contributed by atoms with E-state index in [9.17, 15) is 9.59 Å². The molecule has 224 valence electrons. The lowest BCUT2D eigenvalue weighted by Gasteiger charge is -2.31. The zero-order valence-corrected chi connectivity index (χ0v) is 26.1. The van der Waals surface area contributed by atoms with Crippen LogP contribution in [0.1, 0.15) is 25.1 Å². The van der Waals surface area contributed by atoms with Crippen LogP contribution >= 0.6 is 23.2 Å². The molecule has 4 atom stereocenters. The van der Waals surface area contributed by atoms with Gasteiger partial charge in [-0.15, -0.1) is 5.10 Å². The van der Waals surface area contributed by atoms with E-state index in [-0.39, 0.29) is 44.9 Å². The van der Waals surface area contributed by atoms with Crippen molar-refractivity contribution in [1.29, 1.82) is 0 Å². The summed E-state index contributed by atoms with van der Waals surface area (Å²) in [7, 11) is 31.1. The molecule has 1 aliphatic rings. The summed E-state index contributed by atoms with van der Waals surface area (Å²) in [6.45, 7) is 1.63. The van der Waals surface area contributed by atoms with Crippen LogP contribution in [0.25, 0.3) is 28.2 Å². The smallest absolute Gasteiger partial charge is 0.254 e. The van der Waals surface area contributed by atoms with Crippen LogP contribution in [0.4, 0.5) is 10.1 Å². The molecule has 0 fully saturated rings. The third-order valence-corrected chi connectivity index (χ3v) is 8.45. The normalized spacial score (nSPS) is 20.1. The van der Waals surface area contributed by atoms with E-state index < -0.39 is 46.1 Å². The van der Waals surface area contributed by atoms with Gasteiger partial charge < -0.3 is 5.32 Å². The maximum absolute atomic E-state index is 15.5. The topological polar surface area (TPSA) is 125 Å². The summed E-state index contributed by atoms with van der Waals surface area (Å²) in [6.07, 6.45) is 5.53. The number of benzene rings is 1. The first-order valence-electron chi connectivity index (χ1n) is 14.1. The van der Waals surface area contributed by atoms with E-state index in [0.29, 0.717) is 11.3 Å². The molecule has 1 aliphatic heterocycles. The lowest BCUT2D eigenvalue weighted by Crippen LogP contribution is -2.37. The molecule has 47 heavy (non-hydrogen) atoms. The second-order valence-corrected chi connectivity index (χ2v) is 12.0. The van der Waals surface area contributed by atoms with Crippen molar-refractivity contribution in [2.45, 2.75) is 36.3 Å². The van der Waals surface area contributed by atoms with Gasteiger partial charge >= 0.3 is 0 Å². The minimum atomic E-state index is -1.94. The van der Waals surface area contributed by atoms with E-state index in [4.69, 9.17) is 62.4 Å². The lowest BCUT2D eigenvalue weighted by atomic mass is 9.49. The quantitative estimate of drug-likeness (QED) is 0.295. The monoisotopic (exact) mass is 657 g/mol. The van der Waals surface area contributed by atoms with Crippen LogP contribution in [0.15, 0.2) is 60.0 Å². The van der Waals surface area contributed by atoms with Crippen molar-refractivity contribution < 1.29 is 9.18 Å². The maximum Gasteiger partial charge on any atom is 0.254 e. The van der Waals surface area contributed by atoms with Gasteiger partial charge in [0.15, 0.2) is 11.0 Å². The highest BCUT2D eigenvalue weighted by Crippen LogP contribution is 2.40. The molecule has 1 aromatic carbocycles. The second-order valence-electron chi connectivity index (χ2n) is 11.2. The van der Waals surface area contributed by atoms with Gasteiger partial charge in [0, 0.05) is 23.7 Å². The molecule has 6 rings (SSSR count). The Morgan fingerprint density at radius 2 is 1.85 bits per heavy atom. The van der Waals surface area contributed by atoms with Gasteiger partial charge in [-0.2, -0.15) is 5.10 Å². The molecule has 5 aromatic rings. The molecule has 1 amide bonds. The summed E-state index contributed by atoms with van der Waals surface area (Å²) in [4.78, 5) is 36.1. The van der Waals surface area contributed by atoms with Crippen molar-refractivity contribution in [3.05, 3.63) is 87.3 Å². The summed E-state index contributed by atoms with van der Waals surface area (Å²) >= 11 is 12.1. The van der Waals surface area contributed by atoms with Crippen LogP contribution in [0.5, 0.6) is 0 Å². The summed E-state index contributed by atoms with van der Waals surface area (Å²) in [5, 5.41) is 12.6. The first kappa shape index (κ1) is 32.8. The number of hydrogen-bond acceptors (Lipinski definition) is 7. The van der Waals surface area contributed by atoms with Gasteiger partial charge in [0.05, 0.1) is 103 Å². The average molecular weight is 657 g/mol. The fourth-order valence-electron chi connectivity index (χ4n) is 5.49. The Kier molecular flexibility index (Phi) is 8.73. The summed E-state index contributed by atoms with van der Waals surface area (Å²) in [5.41, 5.74) is 0.880. The van der Waals surface area contributed by atoms with E-state index in [1.807, 2.05) is 0 Å². The first-order chi connectivity index (χ1) is 22.2. The summed E-state index contributed by atoms with van der Waals surface area (Å²) in [6, 6.07) is 6.43. The van der Waals surface area contributed by atoms with Crippen molar-refractivity contribution >= 4 is 74.0 Å². The Morgan fingerprint density at radius 1 is 1.09 bits per heavy atom. The molecule has 11 nitrogen and oxygen atoms in total. The molecule has 1 N–H and O–H groups in total. The van der Waals surface area contributed by atoms with E-state index in [2.05, 4.69) is 30.7 Å². The van der Waals surface area contributed by atoms with Crippen LogP contribution < -0.4 is 10.9 Å². The number of nitrogens with zero attached hydrogens (tertiary/aromatic N) is 8. The number of carbonyl (C=O) groups excluding carboxylic acids is 1. The molecule has 0 spiro atoms. The van der Waals surface area contributed by atoms with Crippen LogP contribution in [0.3, 0.4) is 0 Å². The Balaban J connectivity index is 1.51. The van der Waals surface area contributed by atoms with Crippen LogP contribution in [0.2, 0.25) is 21.8 Å². The number of hydrogen-bond donors (Lipinski definition) is 1. The molecular weight excluding hydrogens is 638 g/mol. The van der Waals surface area contributed by atoms with E-state index in [0.717, 1.165) is 10.7 Å². The van der Waals surface area contributed by atoms with Crippen molar-refractivity contribution in [3.8, 4) is 28.2 Å². The number of nitrogens with one attached hydrogen (secondary N) is 1. The zero-order chi connectivity index (χ0) is 33.8. The predicted octanol–water partition coefficient (Wildman–Crippen LogP) is 2.75. The van der Waals surface area contributed by atoms with E-state index in [1.54, 1.807) is 19.1 Å². The standard InChI is InChI=1S/C28H19B5Cl2FN9O2/c1-12-24(30)14(29)7-20(16-6-13(4-5-37-16)26-18(40-27(12)47)9-39-45(26)28(31,32)33)43-11-38-17(8-22(43)46)23-19(3-2-15(34)25(23)36)44-10-21(35)41-42-44/h2-6,8-12,14,20,24H,7H2,1H3,(H,40,47)/t12-,14?,20+,24?/m1/s1. The van der Waals surface area contributed by atoms with Gasteiger partial charge in [0.2, 0.25) is 5.91 Å². The fourth-order valence-corrected chi connectivity index (χ4v) is 5.77. The number of aromatic nitrogens is 8. The second kappa shape index (κ2) is 12.5. The summed E-state index contributed by atoms with van der Waals surface area (Å²) < 4.78 is 19.2. The van der Waals surface area contributed by atoms with Gasteiger partial charge in [-0.05, 0) is 35.9 Å². The number of anilines is 1. The number of halogens is 3. The minimum Gasteiger partial charge on any atom is -0.323 e. The Labute approximate surface area is 284 Å². The van der Waals surface area contributed by atoms with Crippen molar-refractivity contribution in [2.75, 3.05) is 5.32 Å². The first-order valence-corrected chi connectivity index (χ1v) is 14.9. The number of carbonyl (C=O) groups is 1. The highest BCUT2D eigenvalue weighted by atomic mass is 35.5. The van der Waals surface area contributed by atoms with Crippen LogP contribution in [-0.4, -0.2) is 84.4 Å². The Morgan fingerprint density at radius 3 is 2.53 bits per heavy atom. The molecule has 0 saturated carbocycles. The van der Waals surface area contributed by atoms with Crippen LogP contribution in [-0.2, 0) is 10.0 Å². The van der Waals surface area contributed by atoms with Gasteiger partial charge in [0.25, 0.3) is 5.56 Å². The molecule has 2 unspecified atom stereocenters. The van der Waals surface area contributed by atoms with Crippen molar-refractivity contribution in [1.82, 2.24) is 39.3 Å². The van der Waals surface area contributed by atoms with Gasteiger partial charge in [-0.25, -0.2) is 14.1 Å².